The van der Waals surface area contributed by atoms with Crippen molar-refractivity contribution in [1.82, 2.24) is 0 Å². The number of carbonyl (C=O) groups excluding carboxylic acids is 1. The summed E-state index contributed by atoms with van der Waals surface area (Å²) in [5.74, 6) is 1.18. The van der Waals surface area contributed by atoms with Crippen LogP contribution in [0.15, 0.2) is 34.7 Å². The maximum atomic E-state index is 11.3. The molecule has 0 aromatic carbocycles. The van der Waals surface area contributed by atoms with Crippen LogP contribution in [0.2, 0.25) is 0 Å². The molecule has 0 amide bonds. The lowest BCUT2D eigenvalue weighted by molar-refractivity contribution is -0.141. The third kappa shape index (κ3) is 3.43. The number of esters is 1. The Balaban J connectivity index is 1.82. The van der Waals surface area contributed by atoms with Gasteiger partial charge in [0.2, 0.25) is 0 Å². The van der Waals surface area contributed by atoms with Crippen LogP contribution < -0.4 is 0 Å². The fraction of sp³-hybridized carbons (Fsp3) is 0.682. The third-order valence-electron chi connectivity index (χ3n) is 7.33. The molecule has 2 aliphatic rings. The lowest BCUT2D eigenvalue weighted by Crippen LogP contribution is -2.50. The summed E-state index contributed by atoms with van der Waals surface area (Å²) in [6, 6.07) is 2.09. The number of carbonyl (C=O) groups is 1. The van der Waals surface area contributed by atoms with Crippen molar-refractivity contribution in [3.63, 3.8) is 0 Å². The average Bonchev–Trinajstić information content (AvgIpc) is 3.09. The van der Waals surface area contributed by atoms with E-state index in [-0.39, 0.29) is 11.4 Å². The number of fused-ring (bicyclic) bond motifs is 1. The number of aryl methyl sites for hydroxylation is 1. The van der Waals surface area contributed by atoms with Gasteiger partial charge in [0.1, 0.15) is 6.61 Å². The molecule has 3 rings (SSSR count). The lowest BCUT2D eigenvalue weighted by Gasteiger charge is -2.58. The highest BCUT2D eigenvalue weighted by molar-refractivity contribution is 5.66. The van der Waals surface area contributed by atoms with Crippen LogP contribution in [0.1, 0.15) is 65.4 Å². The molecule has 0 aliphatic heterocycles. The monoisotopic (exact) mass is 344 g/mol. The summed E-state index contributed by atoms with van der Waals surface area (Å²) in [6.45, 7) is 9.30. The molecule has 138 valence electrons. The summed E-state index contributed by atoms with van der Waals surface area (Å²) in [4.78, 5) is 11.3. The number of rotatable bonds is 5. The molecule has 1 heterocycles. The third-order valence-corrected chi connectivity index (χ3v) is 7.33. The molecule has 0 bridgehead atoms. The molecule has 0 spiro atoms. The van der Waals surface area contributed by atoms with Crippen molar-refractivity contribution in [3.05, 3.63) is 35.8 Å². The van der Waals surface area contributed by atoms with Crippen molar-refractivity contribution >= 4 is 5.97 Å². The van der Waals surface area contributed by atoms with E-state index in [1.807, 2.05) is 6.26 Å². The molecule has 0 saturated heterocycles. The zero-order valence-electron chi connectivity index (χ0n) is 16.1. The van der Waals surface area contributed by atoms with E-state index in [0.717, 1.165) is 12.8 Å². The minimum Gasteiger partial charge on any atom is -0.472 e. The molecule has 0 radical (unpaired) electrons. The Kier molecular flexibility index (Phi) is 5.13. The summed E-state index contributed by atoms with van der Waals surface area (Å²) in [5, 5.41) is 0. The van der Waals surface area contributed by atoms with E-state index in [1.165, 1.54) is 43.7 Å². The molecule has 25 heavy (non-hydrogen) atoms. The fourth-order valence-electron chi connectivity index (χ4n) is 5.45. The van der Waals surface area contributed by atoms with Gasteiger partial charge in [0, 0.05) is 6.92 Å². The second-order valence-electron chi connectivity index (χ2n) is 8.63. The van der Waals surface area contributed by atoms with Crippen LogP contribution >= 0.6 is 0 Å². The molecule has 0 N–H and O–H groups in total. The van der Waals surface area contributed by atoms with Crippen molar-refractivity contribution in [2.75, 3.05) is 6.61 Å². The van der Waals surface area contributed by atoms with Crippen LogP contribution in [-0.2, 0) is 16.0 Å². The van der Waals surface area contributed by atoms with Gasteiger partial charge in [-0.15, -0.1) is 0 Å². The summed E-state index contributed by atoms with van der Waals surface area (Å²) < 4.78 is 10.6. The Morgan fingerprint density at radius 3 is 2.84 bits per heavy atom. The molecule has 1 aromatic heterocycles. The average molecular weight is 344 g/mol. The molecule has 1 aromatic rings. The van der Waals surface area contributed by atoms with Gasteiger partial charge in [-0.2, -0.15) is 0 Å². The number of furan rings is 1. The van der Waals surface area contributed by atoms with Crippen molar-refractivity contribution in [2.24, 2.45) is 22.7 Å². The first-order chi connectivity index (χ1) is 11.9. The number of allylic oxidation sites excluding steroid dienone is 1. The van der Waals surface area contributed by atoms with Crippen molar-refractivity contribution in [1.29, 1.82) is 0 Å². The molecule has 4 unspecified atom stereocenters. The number of hydrogen-bond acceptors (Lipinski definition) is 3. The van der Waals surface area contributed by atoms with E-state index < -0.39 is 0 Å². The molecule has 3 nitrogen and oxygen atoms in total. The highest BCUT2D eigenvalue weighted by Crippen LogP contribution is 2.61. The van der Waals surface area contributed by atoms with Gasteiger partial charge in [0.25, 0.3) is 0 Å². The zero-order chi connectivity index (χ0) is 18.1. The standard InChI is InChI=1S/C22H32O3/c1-16-8-11-22(4)19(15-25-17(2)23)6-5-7-20(22)21(16,3)12-9-18-10-13-24-14-18/h6,10,13-14,16,20H,5,7-9,11-12,15H2,1-4H3. The number of ether oxygens (including phenoxy) is 1. The van der Waals surface area contributed by atoms with Crippen LogP contribution in [0.25, 0.3) is 0 Å². The van der Waals surface area contributed by atoms with Crippen LogP contribution in [0.4, 0.5) is 0 Å². The van der Waals surface area contributed by atoms with Gasteiger partial charge in [-0.05, 0) is 78.4 Å². The van der Waals surface area contributed by atoms with Gasteiger partial charge in [-0.1, -0.05) is 26.8 Å². The topological polar surface area (TPSA) is 39.4 Å². The Labute approximate surface area is 151 Å². The van der Waals surface area contributed by atoms with E-state index in [4.69, 9.17) is 9.15 Å². The smallest absolute Gasteiger partial charge is 0.302 e. The zero-order valence-corrected chi connectivity index (χ0v) is 16.1. The van der Waals surface area contributed by atoms with Crippen molar-refractivity contribution in [2.45, 2.75) is 66.2 Å². The van der Waals surface area contributed by atoms with Crippen LogP contribution in [-0.4, -0.2) is 12.6 Å². The Bertz CT molecular complexity index is 630. The Morgan fingerprint density at radius 2 is 2.16 bits per heavy atom. The van der Waals surface area contributed by atoms with E-state index in [0.29, 0.717) is 23.9 Å². The Hall–Kier alpha value is -1.51. The molecular weight excluding hydrogens is 312 g/mol. The van der Waals surface area contributed by atoms with Gasteiger partial charge in [0.15, 0.2) is 0 Å². The normalized spacial score (nSPS) is 35.0. The van der Waals surface area contributed by atoms with E-state index >= 15 is 0 Å². The Morgan fingerprint density at radius 1 is 1.36 bits per heavy atom. The van der Waals surface area contributed by atoms with Crippen LogP contribution in [0.5, 0.6) is 0 Å². The van der Waals surface area contributed by atoms with Gasteiger partial charge >= 0.3 is 5.97 Å². The molecule has 2 aliphatic carbocycles. The quantitative estimate of drug-likeness (QED) is 0.519. The van der Waals surface area contributed by atoms with Gasteiger partial charge in [-0.3, -0.25) is 4.79 Å². The predicted molar refractivity (Wildman–Crippen MR) is 99.1 cm³/mol. The highest BCUT2D eigenvalue weighted by atomic mass is 16.5. The second-order valence-corrected chi connectivity index (χ2v) is 8.63. The molecule has 1 fully saturated rings. The van der Waals surface area contributed by atoms with Gasteiger partial charge in [0.05, 0.1) is 12.5 Å². The lowest BCUT2D eigenvalue weighted by atomic mass is 9.47. The largest absolute Gasteiger partial charge is 0.472 e. The molecule has 4 atom stereocenters. The minimum atomic E-state index is -0.182. The summed E-state index contributed by atoms with van der Waals surface area (Å²) in [7, 11) is 0. The minimum absolute atomic E-state index is 0.158. The van der Waals surface area contributed by atoms with E-state index in [9.17, 15) is 4.79 Å². The maximum Gasteiger partial charge on any atom is 0.302 e. The SMILES string of the molecule is CC(=O)OCC1=CCCC2C1(C)CCC(C)C2(C)CCc1ccoc1. The fourth-order valence-corrected chi connectivity index (χ4v) is 5.45. The first kappa shape index (κ1) is 18.3. The molecule has 3 heteroatoms. The van der Waals surface area contributed by atoms with E-state index in [1.54, 1.807) is 6.26 Å². The first-order valence-corrected chi connectivity index (χ1v) is 9.70. The van der Waals surface area contributed by atoms with Crippen LogP contribution in [0.3, 0.4) is 0 Å². The summed E-state index contributed by atoms with van der Waals surface area (Å²) >= 11 is 0. The second kappa shape index (κ2) is 7.01. The highest BCUT2D eigenvalue weighted by Gasteiger charge is 2.53. The van der Waals surface area contributed by atoms with Gasteiger partial charge in [-0.25, -0.2) is 0 Å². The predicted octanol–water partition coefficient (Wildman–Crippen LogP) is 5.55. The van der Waals surface area contributed by atoms with Crippen LogP contribution in [0, 0.1) is 22.7 Å². The summed E-state index contributed by atoms with van der Waals surface area (Å²) in [6.07, 6.45) is 13.0. The van der Waals surface area contributed by atoms with E-state index in [2.05, 4.69) is 32.9 Å². The maximum absolute atomic E-state index is 11.3. The van der Waals surface area contributed by atoms with Crippen molar-refractivity contribution in [3.8, 4) is 0 Å². The molecular formula is C22H32O3. The first-order valence-electron chi connectivity index (χ1n) is 9.70. The number of hydrogen-bond donors (Lipinski definition) is 0. The molecule has 1 saturated carbocycles. The van der Waals surface area contributed by atoms with Gasteiger partial charge < -0.3 is 9.15 Å². The summed E-state index contributed by atoms with van der Waals surface area (Å²) in [5.41, 5.74) is 3.11. The van der Waals surface area contributed by atoms with Crippen molar-refractivity contribution < 1.29 is 13.9 Å².